The van der Waals surface area contributed by atoms with E-state index in [2.05, 4.69) is 4.90 Å². The van der Waals surface area contributed by atoms with Gasteiger partial charge in [0.15, 0.2) is 6.29 Å². The molecule has 1 aliphatic heterocycles. The third kappa shape index (κ3) is 2.45. The third-order valence-corrected chi connectivity index (χ3v) is 3.23. The van der Waals surface area contributed by atoms with Gasteiger partial charge in [0.1, 0.15) is 5.75 Å². The van der Waals surface area contributed by atoms with E-state index in [-0.39, 0.29) is 11.7 Å². The van der Waals surface area contributed by atoms with Crippen LogP contribution >= 0.6 is 0 Å². The van der Waals surface area contributed by atoms with Gasteiger partial charge >= 0.3 is 0 Å². The lowest BCUT2D eigenvalue weighted by atomic mass is 10.1. The lowest BCUT2D eigenvalue weighted by molar-refractivity contribution is -0.129. The van der Waals surface area contributed by atoms with Crippen molar-refractivity contribution >= 4 is 17.9 Å². The molecule has 0 bridgehead atoms. The third-order valence-electron chi connectivity index (χ3n) is 3.23. The normalized spacial score (nSPS) is 15.6. The minimum absolute atomic E-state index is 0.00359. The van der Waals surface area contributed by atoms with Gasteiger partial charge in [0, 0.05) is 38.8 Å². The SMILES string of the molecule is CC(=O)N1CCN(c2ccc(O)c(C=O)c2)CC1. The first-order valence-corrected chi connectivity index (χ1v) is 5.90. The zero-order valence-corrected chi connectivity index (χ0v) is 10.3. The molecule has 5 nitrogen and oxygen atoms in total. The van der Waals surface area contributed by atoms with Crippen LogP contribution in [0.15, 0.2) is 18.2 Å². The fourth-order valence-corrected chi connectivity index (χ4v) is 2.11. The quantitative estimate of drug-likeness (QED) is 0.789. The van der Waals surface area contributed by atoms with Crippen LogP contribution < -0.4 is 4.90 Å². The second-order valence-electron chi connectivity index (χ2n) is 4.35. The molecule has 96 valence electrons. The minimum Gasteiger partial charge on any atom is -0.507 e. The molecule has 1 saturated heterocycles. The largest absolute Gasteiger partial charge is 0.507 e. The maximum absolute atomic E-state index is 11.2. The average Bonchev–Trinajstić information content (AvgIpc) is 2.39. The van der Waals surface area contributed by atoms with E-state index in [1.54, 1.807) is 24.0 Å². The molecule has 0 spiro atoms. The smallest absolute Gasteiger partial charge is 0.219 e. The molecule has 1 heterocycles. The molecular weight excluding hydrogens is 232 g/mol. The standard InChI is InChI=1S/C13H16N2O3/c1-10(17)14-4-6-15(7-5-14)12-2-3-13(18)11(8-12)9-16/h2-3,8-9,18H,4-7H2,1H3. The lowest BCUT2D eigenvalue weighted by Gasteiger charge is -2.35. The predicted octanol–water partition coefficient (Wildman–Crippen LogP) is 0.873. The molecule has 1 N–H and O–H groups in total. The molecule has 1 aromatic carbocycles. The van der Waals surface area contributed by atoms with Crippen LogP contribution in [0.3, 0.4) is 0 Å². The molecule has 0 unspecified atom stereocenters. The van der Waals surface area contributed by atoms with E-state index in [0.717, 1.165) is 18.8 Å². The summed E-state index contributed by atoms with van der Waals surface area (Å²) in [7, 11) is 0. The van der Waals surface area contributed by atoms with Crippen LogP contribution in [0.2, 0.25) is 0 Å². The summed E-state index contributed by atoms with van der Waals surface area (Å²) < 4.78 is 0. The van der Waals surface area contributed by atoms with E-state index in [1.807, 2.05) is 0 Å². The molecule has 0 atom stereocenters. The number of nitrogens with zero attached hydrogens (tertiary/aromatic N) is 2. The predicted molar refractivity (Wildman–Crippen MR) is 68.0 cm³/mol. The number of phenols is 1. The van der Waals surface area contributed by atoms with Crippen molar-refractivity contribution in [2.45, 2.75) is 6.92 Å². The van der Waals surface area contributed by atoms with Crippen molar-refractivity contribution in [1.29, 1.82) is 0 Å². The van der Waals surface area contributed by atoms with Gasteiger partial charge in [-0.1, -0.05) is 0 Å². The van der Waals surface area contributed by atoms with Crippen molar-refractivity contribution in [3.05, 3.63) is 23.8 Å². The van der Waals surface area contributed by atoms with Crippen molar-refractivity contribution < 1.29 is 14.7 Å². The number of rotatable bonds is 2. The van der Waals surface area contributed by atoms with Gasteiger partial charge in [-0.3, -0.25) is 9.59 Å². The number of hydrogen-bond donors (Lipinski definition) is 1. The summed E-state index contributed by atoms with van der Waals surface area (Å²) in [6, 6.07) is 4.98. The van der Waals surface area contributed by atoms with Crippen molar-refractivity contribution in [1.82, 2.24) is 4.90 Å². The highest BCUT2D eigenvalue weighted by molar-refractivity contribution is 5.81. The number of carbonyl (C=O) groups is 2. The molecule has 0 aromatic heterocycles. The van der Waals surface area contributed by atoms with Gasteiger partial charge in [0.2, 0.25) is 5.91 Å². The maximum Gasteiger partial charge on any atom is 0.219 e. The Morgan fingerprint density at radius 3 is 2.50 bits per heavy atom. The molecule has 5 heteroatoms. The maximum atomic E-state index is 11.2. The van der Waals surface area contributed by atoms with E-state index in [4.69, 9.17) is 0 Å². The average molecular weight is 248 g/mol. The zero-order chi connectivity index (χ0) is 13.1. The first kappa shape index (κ1) is 12.4. The zero-order valence-electron chi connectivity index (χ0n) is 10.3. The fraction of sp³-hybridized carbons (Fsp3) is 0.385. The first-order chi connectivity index (χ1) is 8.61. The minimum atomic E-state index is -0.00359. The molecule has 2 rings (SSSR count). The van der Waals surface area contributed by atoms with Crippen LogP contribution in [0, 0.1) is 0 Å². The van der Waals surface area contributed by atoms with E-state index >= 15 is 0 Å². The number of piperazine rings is 1. The number of phenolic OH excluding ortho intramolecular Hbond substituents is 1. The number of amides is 1. The first-order valence-electron chi connectivity index (χ1n) is 5.90. The highest BCUT2D eigenvalue weighted by Gasteiger charge is 2.19. The van der Waals surface area contributed by atoms with Gasteiger partial charge in [-0.2, -0.15) is 0 Å². The highest BCUT2D eigenvalue weighted by atomic mass is 16.3. The van der Waals surface area contributed by atoms with Gasteiger partial charge in [-0.05, 0) is 18.2 Å². The molecule has 1 aromatic rings. The van der Waals surface area contributed by atoms with Crippen LogP contribution in [-0.4, -0.2) is 48.4 Å². The van der Waals surface area contributed by atoms with E-state index in [9.17, 15) is 14.7 Å². The van der Waals surface area contributed by atoms with Crippen LogP contribution in [0.1, 0.15) is 17.3 Å². The Kier molecular flexibility index (Phi) is 3.50. The number of aldehydes is 1. The van der Waals surface area contributed by atoms with Gasteiger partial charge in [-0.25, -0.2) is 0 Å². The molecule has 1 amide bonds. The molecule has 18 heavy (non-hydrogen) atoms. The number of hydrogen-bond acceptors (Lipinski definition) is 4. The molecule has 0 radical (unpaired) electrons. The summed E-state index contributed by atoms with van der Waals surface area (Å²) in [4.78, 5) is 25.9. The Balaban J connectivity index is 2.10. The van der Waals surface area contributed by atoms with E-state index in [1.165, 1.54) is 6.07 Å². The molecular formula is C13H16N2O3. The van der Waals surface area contributed by atoms with Crippen LogP contribution in [0.5, 0.6) is 5.75 Å². The van der Waals surface area contributed by atoms with Crippen LogP contribution in [0.4, 0.5) is 5.69 Å². The molecule has 1 aliphatic rings. The summed E-state index contributed by atoms with van der Waals surface area (Å²) in [6.07, 6.45) is 0.644. The van der Waals surface area contributed by atoms with E-state index in [0.29, 0.717) is 24.9 Å². The van der Waals surface area contributed by atoms with Crippen molar-refractivity contribution in [3.8, 4) is 5.75 Å². The summed E-state index contributed by atoms with van der Waals surface area (Å²) >= 11 is 0. The Bertz CT molecular complexity index is 465. The number of benzene rings is 1. The summed E-state index contributed by atoms with van der Waals surface area (Å²) in [5, 5.41) is 9.45. The highest BCUT2D eigenvalue weighted by Crippen LogP contribution is 2.23. The Labute approximate surface area is 106 Å². The van der Waals surface area contributed by atoms with Gasteiger partial charge < -0.3 is 14.9 Å². The topological polar surface area (TPSA) is 60.9 Å². The molecule has 0 aliphatic carbocycles. The van der Waals surface area contributed by atoms with Crippen molar-refractivity contribution in [2.75, 3.05) is 31.1 Å². The summed E-state index contributed by atoms with van der Waals surface area (Å²) in [6.45, 7) is 4.42. The summed E-state index contributed by atoms with van der Waals surface area (Å²) in [5.74, 6) is 0.0880. The Morgan fingerprint density at radius 1 is 1.28 bits per heavy atom. The van der Waals surface area contributed by atoms with Crippen LogP contribution in [0.25, 0.3) is 0 Å². The Morgan fingerprint density at radius 2 is 1.94 bits per heavy atom. The van der Waals surface area contributed by atoms with Gasteiger partial charge in [0.05, 0.1) is 5.56 Å². The number of aromatic hydroxyl groups is 1. The molecule has 1 fully saturated rings. The second kappa shape index (κ2) is 5.08. The van der Waals surface area contributed by atoms with Gasteiger partial charge in [-0.15, -0.1) is 0 Å². The van der Waals surface area contributed by atoms with E-state index < -0.39 is 0 Å². The second-order valence-corrected chi connectivity index (χ2v) is 4.35. The Hall–Kier alpha value is -2.04. The summed E-state index contributed by atoms with van der Waals surface area (Å²) in [5.41, 5.74) is 1.19. The monoisotopic (exact) mass is 248 g/mol. The van der Waals surface area contributed by atoms with Crippen LogP contribution in [-0.2, 0) is 4.79 Å². The number of anilines is 1. The lowest BCUT2D eigenvalue weighted by Crippen LogP contribution is -2.48. The van der Waals surface area contributed by atoms with Gasteiger partial charge in [0.25, 0.3) is 0 Å². The number of carbonyl (C=O) groups excluding carboxylic acids is 2. The van der Waals surface area contributed by atoms with Crippen molar-refractivity contribution in [3.63, 3.8) is 0 Å². The molecule has 0 saturated carbocycles. The fourth-order valence-electron chi connectivity index (χ4n) is 2.11. The van der Waals surface area contributed by atoms with Crippen molar-refractivity contribution in [2.24, 2.45) is 0 Å².